The molecule has 2 amide bonds. The van der Waals surface area contributed by atoms with Crippen molar-refractivity contribution in [3.05, 3.63) is 59.7 Å². The molecule has 0 spiro atoms. The molecule has 1 unspecified atom stereocenters. The largest absolute Gasteiger partial charge is 0.370 e. The molecule has 0 saturated carbocycles. The minimum Gasteiger partial charge on any atom is -0.370 e. The second-order valence-corrected chi connectivity index (χ2v) is 7.33. The number of carbonyl (C=O) groups is 2. The number of carbonyl (C=O) groups excluding carboxylic acids is 2. The number of thioether (sulfide) groups is 1. The lowest BCUT2D eigenvalue weighted by Crippen LogP contribution is -2.25. The van der Waals surface area contributed by atoms with Crippen LogP contribution in [0.4, 0.5) is 5.69 Å². The summed E-state index contributed by atoms with van der Waals surface area (Å²) in [6.45, 7) is 0. The number of anilines is 1. The number of rotatable bonds is 6. The fourth-order valence-corrected chi connectivity index (χ4v) is 4.18. The Morgan fingerprint density at radius 2 is 1.88 bits per heavy atom. The van der Waals surface area contributed by atoms with Crippen molar-refractivity contribution in [3.63, 3.8) is 0 Å². The third-order valence-corrected chi connectivity index (χ3v) is 5.51. The van der Waals surface area contributed by atoms with Crippen molar-refractivity contribution >= 4 is 29.3 Å². The van der Waals surface area contributed by atoms with Crippen molar-refractivity contribution < 1.29 is 9.59 Å². The molecule has 2 aromatic rings. The summed E-state index contributed by atoms with van der Waals surface area (Å²) in [6, 6.07) is 15.9. The molecule has 2 aromatic carbocycles. The zero-order chi connectivity index (χ0) is 17.6. The molecule has 1 aliphatic carbocycles. The van der Waals surface area contributed by atoms with Gasteiger partial charge >= 0.3 is 0 Å². The molecular formula is C20H22N2O2S. The number of hydrogen-bond donors (Lipinski definition) is 2. The van der Waals surface area contributed by atoms with Gasteiger partial charge in [-0.1, -0.05) is 36.4 Å². The molecule has 25 heavy (non-hydrogen) atoms. The number of fused-ring (bicyclic) bond motifs is 1. The molecule has 0 heterocycles. The van der Waals surface area contributed by atoms with Crippen LogP contribution in [0.5, 0.6) is 0 Å². The van der Waals surface area contributed by atoms with E-state index in [1.165, 1.54) is 17.3 Å². The molecule has 4 nitrogen and oxygen atoms in total. The van der Waals surface area contributed by atoms with Crippen LogP contribution >= 0.6 is 11.8 Å². The van der Waals surface area contributed by atoms with Crippen molar-refractivity contribution in [1.29, 1.82) is 0 Å². The molecule has 3 N–H and O–H groups in total. The summed E-state index contributed by atoms with van der Waals surface area (Å²) in [7, 11) is 0. The third-order valence-electron chi connectivity index (χ3n) is 4.44. The molecule has 3 rings (SSSR count). The zero-order valence-electron chi connectivity index (χ0n) is 14.0. The molecular weight excluding hydrogens is 332 g/mol. The monoisotopic (exact) mass is 354 g/mol. The van der Waals surface area contributed by atoms with E-state index in [2.05, 4.69) is 17.4 Å². The third kappa shape index (κ3) is 4.42. The molecule has 0 aliphatic heterocycles. The van der Waals surface area contributed by atoms with Crippen LogP contribution in [0.15, 0.2) is 53.4 Å². The lowest BCUT2D eigenvalue weighted by atomic mass is 9.82. The van der Waals surface area contributed by atoms with Crippen LogP contribution in [0.1, 0.15) is 36.3 Å². The average molecular weight is 354 g/mol. The molecule has 1 aliphatic rings. The van der Waals surface area contributed by atoms with Crippen molar-refractivity contribution in [2.24, 2.45) is 5.73 Å². The lowest BCUT2D eigenvalue weighted by Gasteiger charge is -2.25. The van der Waals surface area contributed by atoms with Gasteiger partial charge in [0.05, 0.1) is 11.6 Å². The number of para-hydroxylation sites is 1. The Morgan fingerprint density at radius 3 is 2.72 bits per heavy atom. The first kappa shape index (κ1) is 17.5. The maximum atomic E-state index is 12.9. The highest BCUT2D eigenvalue weighted by Gasteiger charge is 2.26. The Hall–Kier alpha value is -2.27. The highest BCUT2D eigenvalue weighted by Crippen LogP contribution is 2.34. The van der Waals surface area contributed by atoms with E-state index in [9.17, 15) is 9.59 Å². The van der Waals surface area contributed by atoms with E-state index in [-0.39, 0.29) is 17.7 Å². The molecule has 5 heteroatoms. The predicted octanol–water partition coefficient (Wildman–Crippen LogP) is 3.71. The summed E-state index contributed by atoms with van der Waals surface area (Å²) in [5.74, 6) is 0.227. The van der Waals surface area contributed by atoms with Gasteiger partial charge in [0.2, 0.25) is 11.8 Å². The van der Waals surface area contributed by atoms with Crippen LogP contribution < -0.4 is 11.1 Å². The first-order valence-electron chi connectivity index (χ1n) is 8.54. The van der Waals surface area contributed by atoms with Gasteiger partial charge in [0.15, 0.2) is 0 Å². The van der Waals surface area contributed by atoms with Gasteiger partial charge in [-0.15, -0.1) is 11.8 Å². The maximum absolute atomic E-state index is 12.9. The van der Waals surface area contributed by atoms with Crippen LogP contribution in [0.2, 0.25) is 0 Å². The number of nitrogens with two attached hydrogens (primary N) is 1. The first-order valence-corrected chi connectivity index (χ1v) is 9.52. The van der Waals surface area contributed by atoms with Crippen LogP contribution in [-0.4, -0.2) is 17.6 Å². The van der Waals surface area contributed by atoms with E-state index in [1.54, 1.807) is 0 Å². The van der Waals surface area contributed by atoms with E-state index in [1.807, 2.05) is 36.4 Å². The quantitative estimate of drug-likeness (QED) is 0.777. The number of amides is 2. The second kappa shape index (κ2) is 8.21. The standard InChI is InChI=1S/C20H22N2O2S/c21-19(23)12-13-25-18-11-4-3-10-17(18)22-20(24)16-9-5-7-14-6-1-2-8-15(14)16/h1-4,6,8,10-11,16H,5,7,9,12-13H2,(H2,21,23)(H,22,24). The van der Waals surface area contributed by atoms with Gasteiger partial charge in [-0.2, -0.15) is 0 Å². The Morgan fingerprint density at radius 1 is 1.12 bits per heavy atom. The van der Waals surface area contributed by atoms with Crippen LogP contribution in [0, 0.1) is 0 Å². The number of primary amides is 1. The summed E-state index contributed by atoms with van der Waals surface area (Å²) >= 11 is 1.53. The Balaban J connectivity index is 1.73. The molecule has 0 fully saturated rings. The van der Waals surface area contributed by atoms with Crippen molar-refractivity contribution in [2.75, 3.05) is 11.1 Å². The summed E-state index contributed by atoms with van der Waals surface area (Å²) < 4.78 is 0. The van der Waals surface area contributed by atoms with Gasteiger partial charge in [0.25, 0.3) is 0 Å². The number of nitrogens with one attached hydrogen (secondary N) is 1. The zero-order valence-corrected chi connectivity index (χ0v) is 14.9. The minimum atomic E-state index is -0.312. The number of benzene rings is 2. The van der Waals surface area contributed by atoms with Gasteiger partial charge in [0.1, 0.15) is 0 Å². The Kier molecular flexibility index (Phi) is 5.76. The molecule has 1 atom stereocenters. The highest BCUT2D eigenvalue weighted by molar-refractivity contribution is 7.99. The van der Waals surface area contributed by atoms with Crippen molar-refractivity contribution in [3.8, 4) is 0 Å². The van der Waals surface area contributed by atoms with Crippen LogP contribution in [-0.2, 0) is 16.0 Å². The fourth-order valence-electron chi connectivity index (χ4n) is 3.20. The number of aryl methyl sites for hydroxylation is 1. The Bertz CT molecular complexity index is 776. The lowest BCUT2D eigenvalue weighted by molar-refractivity contribution is -0.118. The minimum absolute atomic E-state index is 0.0371. The summed E-state index contributed by atoms with van der Waals surface area (Å²) in [6.07, 6.45) is 3.27. The van der Waals surface area contributed by atoms with Crippen molar-refractivity contribution in [2.45, 2.75) is 36.5 Å². The maximum Gasteiger partial charge on any atom is 0.231 e. The van der Waals surface area contributed by atoms with Gasteiger partial charge in [-0.3, -0.25) is 9.59 Å². The van der Waals surface area contributed by atoms with Gasteiger partial charge in [0, 0.05) is 17.1 Å². The summed E-state index contributed by atoms with van der Waals surface area (Å²) in [5, 5.41) is 3.08. The molecule has 0 bridgehead atoms. The summed E-state index contributed by atoms with van der Waals surface area (Å²) in [4.78, 5) is 24.7. The average Bonchev–Trinajstić information content (AvgIpc) is 2.62. The smallest absolute Gasteiger partial charge is 0.231 e. The first-order chi connectivity index (χ1) is 12.1. The van der Waals surface area contributed by atoms with E-state index < -0.39 is 0 Å². The van der Waals surface area contributed by atoms with Gasteiger partial charge in [-0.05, 0) is 42.5 Å². The van der Waals surface area contributed by atoms with Crippen molar-refractivity contribution in [1.82, 2.24) is 0 Å². The van der Waals surface area contributed by atoms with E-state index in [0.717, 1.165) is 35.4 Å². The predicted molar refractivity (Wildman–Crippen MR) is 102 cm³/mol. The van der Waals surface area contributed by atoms with E-state index in [0.29, 0.717) is 12.2 Å². The molecule has 0 saturated heterocycles. The van der Waals surface area contributed by atoms with Gasteiger partial charge in [-0.25, -0.2) is 0 Å². The van der Waals surface area contributed by atoms with Gasteiger partial charge < -0.3 is 11.1 Å². The second-order valence-electron chi connectivity index (χ2n) is 6.19. The fraction of sp³-hybridized carbons (Fsp3) is 0.300. The van der Waals surface area contributed by atoms with E-state index in [4.69, 9.17) is 5.73 Å². The normalized spacial score (nSPS) is 16.1. The Labute approximate surface area is 152 Å². The molecule has 0 radical (unpaired) electrons. The number of hydrogen-bond acceptors (Lipinski definition) is 3. The van der Waals surface area contributed by atoms with E-state index >= 15 is 0 Å². The van der Waals surface area contributed by atoms with Crippen LogP contribution in [0.25, 0.3) is 0 Å². The molecule has 130 valence electrons. The molecule has 0 aromatic heterocycles. The highest BCUT2D eigenvalue weighted by atomic mass is 32.2. The van der Waals surface area contributed by atoms with Crippen LogP contribution in [0.3, 0.4) is 0 Å². The summed E-state index contributed by atoms with van der Waals surface area (Å²) in [5.41, 5.74) is 8.41. The SMILES string of the molecule is NC(=O)CCSc1ccccc1NC(=O)C1CCCc2ccccc21. The topological polar surface area (TPSA) is 72.2 Å².